The molecule has 0 saturated heterocycles. The highest BCUT2D eigenvalue weighted by Gasteiger charge is 2.28. The van der Waals surface area contributed by atoms with Crippen LogP contribution in [0.3, 0.4) is 0 Å². The van der Waals surface area contributed by atoms with Crippen molar-refractivity contribution in [3.8, 4) is 5.75 Å². The van der Waals surface area contributed by atoms with Gasteiger partial charge in [0.25, 0.3) is 5.91 Å². The summed E-state index contributed by atoms with van der Waals surface area (Å²) in [6, 6.07) is 11.2. The molecule has 1 amide bonds. The van der Waals surface area contributed by atoms with E-state index in [2.05, 4.69) is 32.6 Å². The smallest absolute Gasteiger partial charge is 0.422 e. The lowest BCUT2D eigenvalue weighted by Crippen LogP contribution is -2.19. The molecule has 2 rings (SSSR count). The van der Waals surface area contributed by atoms with Crippen LogP contribution in [-0.2, 0) is 0 Å². The van der Waals surface area contributed by atoms with Crippen molar-refractivity contribution < 1.29 is 22.7 Å². The van der Waals surface area contributed by atoms with Gasteiger partial charge in [0.05, 0.1) is 5.56 Å². The van der Waals surface area contributed by atoms with Gasteiger partial charge in [0.1, 0.15) is 5.75 Å². The number of benzene rings is 2. The summed E-state index contributed by atoms with van der Waals surface area (Å²) < 4.78 is 41.7. The third kappa shape index (κ3) is 5.12. The van der Waals surface area contributed by atoms with E-state index in [9.17, 15) is 18.0 Å². The molecular formula is C16H13F3INO2. The summed E-state index contributed by atoms with van der Waals surface area (Å²) in [4.78, 5) is 12.2. The Balaban J connectivity index is 2.03. The van der Waals surface area contributed by atoms with Crippen LogP contribution in [-0.4, -0.2) is 18.7 Å². The number of alkyl halides is 3. The molecule has 0 aliphatic carbocycles. The van der Waals surface area contributed by atoms with Crippen molar-refractivity contribution in [2.24, 2.45) is 0 Å². The van der Waals surface area contributed by atoms with E-state index in [0.29, 0.717) is 11.3 Å². The number of carbonyl (C=O) groups excluding carboxylic acids is 1. The van der Waals surface area contributed by atoms with Gasteiger partial charge in [-0.15, -0.1) is 0 Å². The quantitative estimate of drug-likeness (QED) is 0.702. The van der Waals surface area contributed by atoms with Gasteiger partial charge in [-0.1, -0.05) is 12.1 Å². The molecular weight excluding hydrogens is 422 g/mol. The van der Waals surface area contributed by atoms with Crippen LogP contribution in [0.4, 0.5) is 18.9 Å². The largest absolute Gasteiger partial charge is 0.484 e. The molecule has 0 atom stereocenters. The SMILES string of the molecule is Cc1cccc(C(=O)Nc2ccc(OCC(F)(F)F)cc2)c1I. The fourth-order valence-electron chi connectivity index (χ4n) is 1.82. The van der Waals surface area contributed by atoms with Crippen molar-refractivity contribution in [3.63, 3.8) is 0 Å². The molecule has 1 N–H and O–H groups in total. The number of hydrogen-bond donors (Lipinski definition) is 1. The highest BCUT2D eigenvalue weighted by molar-refractivity contribution is 14.1. The van der Waals surface area contributed by atoms with Crippen molar-refractivity contribution >= 4 is 34.2 Å². The summed E-state index contributed by atoms with van der Waals surface area (Å²) in [5.74, 6) is -0.187. The molecule has 23 heavy (non-hydrogen) atoms. The van der Waals surface area contributed by atoms with E-state index in [1.165, 1.54) is 24.3 Å². The maximum Gasteiger partial charge on any atom is 0.422 e. The van der Waals surface area contributed by atoms with Crippen molar-refractivity contribution in [1.29, 1.82) is 0 Å². The van der Waals surface area contributed by atoms with Crippen molar-refractivity contribution in [3.05, 3.63) is 57.2 Å². The minimum Gasteiger partial charge on any atom is -0.484 e. The maximum absolute atomic E-state index is 12.2. The van der Waals surface area contributed by atoms with E-state index in [-0.39, 0.29) is 11.7 Å². The molecule has 0 aliphatic heterocycles. The number of rotatable bonds is 4. The number of ether oxygens (including phenoxy) is 1. The van der Waals surface area contributed by atoms with Crippen LogP contribution < -0.4 is 10.1 Å². The van der Waals surface area contributed by atoms with Crippen LogP contribution in [0.5, 0.6) is 5.75 Å². The Labute approximate surface area is 145 Å². The van der Waals surface area contributed by atoms with E-state index in [1.807, 2.05) is 13.0 Å². The Morgan fingerprint density at radius 1 is 1.17 bits per heavy atom. The van der Waals surface area contributed by atoms with Gasteiger partial charge in [-0.05, 0) is 65.4 Å². The first-order valence-electron chi connectivity index (χ1n) is 6.62. The molecule has 0 unspecified atom stereocenters. The topological polar surface area (TPSA) is 38.3 Å². The first-order chi connectivity index (χ1) is 10.8. The lowest BCUT2D eigenvalue weighted by Gasteiger charge is -2.11. The molecule has 0 spiro atoms. The monoisotopic (exact) mass is 435 g/mol. The fourth-order valence-corrected chi connectivity index (χ4v) is 2.43. The zero-order valence-corrected chi connectivity index (χ0v) is 14.2. The molecule has 0 fully saturated rings. The van der Waals surface area contributed by atoms with Gasteiger partial charge in [0.15, 0.2) is 6.61 Å². The molecule has 0 saturated carbocycles. The maximum atomic E-state index is 12.2. The number of hydrogen-bond acceptors (Lipinski definition) is 2. The molecule has 0 radical (unpaired) electrons. The summed E-state index contributed by atoms with van der Waals surface area (Å²) >= 11 is 2.10. The van der Waals surface area contributed by atoms with Gasteiger partial charge in [0, 0.05) is 9.26 Å². The van der Waals surface area contributed by atoms with Gasteiger partial charge in [-0.25, -0.2) is 0 Å². The molecule has 0 bridgehead atoms. The normalized spacial score (nSPS) is 11.2. The van der Waals surface area contributed by atoms with Gasteiger partial charge < -0.3 is 10.1 Å². The highest BCUT2D eigenvalue weighted by atomic mass is 127. The van der Waals surface area contributed by atoms with Gasteiger partial charge >= 0.3 is 6.18 Å². The number of aryl methyl sites for hydroxylation is 1. The number of halogens is 4. The van der Waals surface area contributed by atoms with E-state index >= 15 is 0 Å². The molecule has 0 heterocycles. The van der Waals surface area contributed by atoms with E-state index in [0.717, 1.165) is 9.13 Å². The number of carbonyl (C=O) groups is 1. The van der Waals surface area contributed by atoms with Gasteiger partial charge in [0.2, 0.25) is 0 Å². The van der Waals surface area contributed by atoms with Gasteiger partial charge in [-0.3, -0.25) is 4.79 Å². The Morgan fingerprint density at radius 3 is 2.43 bits per heavy atom. The molecule has 122 valence electrons. The number of anilines is 1. The summed E-state index contributed by atoms with van der Waals surface area (Å²) in [6.07, 6.45) is -4.38. The fraction of sp³-hybridized carbons (Fsp3) is 0.188. The molecule has 0 aliphatic rings. The third-order valence-electron chi connectivity index (χ3n) is 2.95. The summed E-state index contributed by atoms with van der Waals surface area (Å²) in [7, 11) is 0. The molecule has 2 aromatic rings. The predicted molar refractivity (Wildman–Crippen MR) is 89.8 cm³/mol. The summed E-state index contributed by atoms with van der Waals surface area (Å²) in [5, 5.41) is 2.70. The first kappa shape index (κ1) is 17.6. The van der Waals surface area contributed by atoms with Crippen LogP contribution in [0.15, 0.2) is 42.5 Å². The molecule has 3 nitrogen and oxygen atoms in total. The minimum atomic E-state index is -4.38. The van der Waals surface area contributed by atoms with Crippen LogP contribution in [0.2, 0.25) is 0 Å². The highest BCUT2D eigenvalue weighted by Crippen LogP contribution is 2.22. The Morgan fingerprint density at radius 2 is 1.83 bits per heavy atom. The second-order valence-corrected chi connectivity index (χ2v) is 5.90. The molecule has 2 aromatic carbocycles. The van der Waals surface area contributed by atoms with E-state index < -0.39 is 12.8 Å². The predicted octanol–water partition coefficient (Wildman–Crippen LogP) is 4.79. The Hall–Kier alpha value is -1.77. The second kappa shape index (κ2) is 7.20. The number of nitrogens with one attached hydrogen (secondary N) is 1. The minimum absolute atomic E-state index is 0.0884. The van der Waals surface area contributed by atoms with E-state index in [4.69, 9.17) is 0 Å². The first-order valence-corrected chi connectivity index (χ1v) is 7.70. The van der Waals surface area contributed by atoms with Crippen LogP contribution in [0.1, 0.15) is 15.9 Å². The van der Waals surface area contributed by atoms with E-state index in [1.54, 1.807) is 12.1 Å². The van der Waals surface area contributed by atoms with Crippen LogP contribution in [0, 0.1) is 10.5 Å². The average Bonchev–Trinajstić information content (AvgIpc) is 2.48. The van der Waals surface area contributed by atoms with Crippen molar-refractivity contribution in [1.82, 2.24) is 0 Å². The lowest BCUT2D eigenvalue weighted by molar-refractivity contribution is -0.153. The molecule has 7 heteroatoms. The van der Waals surface area contributed by atoms with Crippen LogP contribution in [0.25, 0.3) is 0 Å². The number of amides is 1. The third-order valence-corrected chi connectivity index (χ3v) is 4.38. The Bertz CT molecular complexity index is 699. The van der Waals surface area contributed by atoms with Crippen molar-refractivity contribution in [2.45, 2.75) is 13.1 Å². The Kier molecular flexibility index (Phi) is 5.51. The van der Waals surface area contributed by atoms with Crippen molar-refractivity contribution in [2.75, 3.05) is 11.9 Å². The summed E-state index contributed by atoms with van der Waals surface area (Å²) in [6.45, 7) is 0.561. The lowest BCUT2D eigenvalue weighted by atomic mass is 10.1. The standard InChI is InChI=1S/C16H13F3INO2/c1-10-3-2-4-13(14(10)20)15(22)21-11-5-7-12(8-6-11)23-9-16(17,18)19/h2-8H,9H2,1H3,(H,21,22). The van der Waals surface area contributed by atoms with Crippen LogP contribution >= 0.6 is 22.6 Å². The molecule has 0 aromatic heterocycles. The zero-order chi connectivity index (χ0) is 17.0. The average molecular weight is 435 g/mol. The second-order valence-electron chi connectivity index (χ2n) is 4.82. The summed E-state index contributed by atoms with van der Waals surface area (Å²) in [5.41, 5.74) is 2.02. The van der Waals surface area contributed by atoms with Gasteiger partial charge in [-0.2, -0.15) is 13.2 Å². The zero-order valence-electron chi connectivity index (χ0n) is 12.1.